The van der Waals surface area contributed by atoms with Crippen LogP contribution in [0.5, 0.6) is 11.5 Å². The summed E-state index contributed by atoms with van der Waals surface area (Å²) >= 11 is 5.91. The average molecular weight is 292 g/mol. The number of aldehydes is 1. The third-order valence-corrected chi connectivity index (χ3v) is 3.11. The summed E-state index contributed by atoms with van der Waals surface area (Å²) in [4.78, 5) is 21.1. The van der Waals surface area contributed by atoms with E-state index in [1.54, 1.807) is 18.2 Å². The number of carbonyl (C=O) groups is 1. The summed E-state index contributed by atoms with van der Waals surface area (Å²) in [6.07, 6.45) is 0.519. The number of aryl methyl sites for hydroxylation is 1. The second-order valence-corrected chi connectivity index (χ2v) is 4.52. The van der Waals surface area contributed by atoms with Crippen LogP contribution in [0.3, 0.4) is 0 Å². The van der Waals surface area contributed by atoms with Gasteiger partial charge in [-0.2, -0.15) is 0 Å². The van der Waals surface area contributed by atoms with Gasteiger partial charge in [-0.3, -0.25) is 14.9 Å². The molecular weight excluding hydrogens is 282 g/mol. The van der Waals surface area contributed by atoms with Crippen LogP contribution in [0, 0.1) is 17.0 Å². The second-order valence-electron chi connectivity index (χ2n) is 4.11. The molecule has 0 radical (unpaired) electrons. The van der Waals surface area contributed by atoms with Crippen LogP contribution in [0.25, 0.3) is 0 Å². The molecule has 0 amide bonds. The Bertz CT molecular complexity index is 685. The van der Waals surface area contributed by atoms with Gasteiger partial charge in [0.05, 0.1) is 10.5 Å². The number of rotatable bonds is 4. The predicted octanol–water partition coefficient (Wildman–Crippen LogP) is 4.16. The van der Waals surface area contributed by atoms with Crippen molar-refractivity contribution in [2.24, 2.45) is 0 Å². The van der Waals surface area contributed by atoms with Crippen molar-refractivity contribution in [1.29, 1.82) is 0 Å². The van der Waals surface area contributed by atoms with Gasteiger partial charge in [0.2, 0.25) is 0 Å². The Morgan fingerprint density at radius 3 is 2.60 bits per heavy atom. The minimum absolute atomic E-state index is 0.117. The first-order valence-corrected chi connectivity index (χ1v) is 6.06. The molecule has 5 nitrogen and oxygen atoms in total. The minimum atomic E-state index is -0.566. The lowest BCUT2D eigenvalue weighted by atomic mass is 10.2. The number of benzene rings is 2. The Morgan fingerprint density at radius 1 is 1.25 bits per heavy atom. The van der Waals surface area contributed by atoms with Gasteiger partial charge in [0.1, 0.15) is 11.5 Å². The fourth-order valence-corrected chi connectivity index (χ4v) is 1.76. The molecule has 0 aliphatic carbocycles. The average Bonchev–Trinajstić information content (AvgIpc) is 2.43. The van der Waals surface area contributed by atoms with Crippen molar-refractivity contribution >= 4 is 23.6 Å². The Morgan fingerprint density at radius 2 is 2.00 bits per heavy atom. The summed E-state index contributed by atoms with van der Waals surface area (Å²) < 4.78 is 5.56. The number of hydrogen-bond acceptors (Lipinski definition) is 4. The van der Waals surface area contributed by atoms with Crippen molar-refractivity contribution in [3.63, 3.8) is 0 Å². The maximum absolute atomic E-state index is 11.0. The first-order chi connectivity index (χ1) is 9.51. The van der Waals surface area contributed by atoms with E-state index in [0.29, 0.717) is 17.1 Å². The smallest absolute Gasteiger partial charge is 0.270 e. The van der Waals surface area contributed by atoms with Crippen LogP contribution in [0.1, 0.15) is 15.9 Å². The fourth-order valence-electron chi connectivity index (χ4n) is 1.64. The van der Waals surface area contributed by atoms with E-state index in [4.69, 9.17) is 16.3 Å². The highest BCUT2D eigenvalue weighted by atomic mass is 35.5. The third-order valence-electron chi connectivity index (χ3n) is 2.69. The molecule has 0 bridgehead atoms. The van der Waals surface area contributed by atoms with E-state index >= 15 is 0 Å². The third kappa shape index (κ3) is 2.95. The molecule has 0 N–H and O–H groups in total. The summed E-state index contributed by atoms with van der Waals surface area (Å²) in [5, 5.41) is 11.3. The van der Waals surface area contributed by atoms with E-state index in [2.05, 4.69) is 0 Å². The Labute approximate surface area is 119 Å². The van der Waals surface area contributed by atoms with E-state index in [1.807, 2.05) is 6.92 Å². The zero-order chi connectivity index (χ0) is 14.7. The Kier molecular flexibility index (Phi) is 4.00. The van der Waals surface area contributed by atoms with Crippen molar-refractivity contribution < 1.29 is 14.5 Å². The molecule has 102 valence electrons. The zero-order valence-corrected chi connectivity index (χ0v) is 11.3. The molecule has 0 aromatic heterocycles. The van der Waals surface area contributed by atoms with Crippen molar-refractivity contribution in [3.05, 3.63) is 62.7 Å². The van der Waals surface area contributed by atoms with E-state index < -0.39 is 4.92 Å². The standard InChI is InChI=1S/C14H10ClNO4/c1-9-6-12(3-4-13(9)15)20-14-5-2-11(16(18)19)7-10(14)8-17/h2-8H,1H3. The maximum atomic E-state index is 11.0. The number of hydrogen-bond donors (Lipinski definition) is 0. The number of carbonyl (C=O) groups excluding carboxylic acids is 1. The molecule has 20 heavy (non-hydrogen) atoms. The molecular formula is C14H10ClNO4. The van der Waals surface area contributed by atoms with Crippen LogP contribution in [0.15, 0.2) is 36.4 Å². The van der Waals surface area contributed by atoms with Gasteiger partial charge in [-0.25, -0.2) is 0 Å². The number of non-ortho nitro benzene ring substituents is 1. The van der Waals surface area contributed by atoms with Crippen LogP contribution in [0.2, 0.25) is 5.02 Å². The van der Waals surface area contributed by atoms with Crippen molar-refractivity contribution in [3.8, 4) is 11.5 Å². The van der Waals surface area contributed by atoms with Crippen molar-refractivity contribution in [2.45, 2.75) is 6.92 Å². The normalized spacial score (nSPS) is 10.1. The van der Waals surface area contributed by atoms with Crippen LogP contribution in [0.4, 0.5) is 5.69 Å². The highest BCUT2D eigenvalue weighted by molar-refractivity contribution is 6.31. The van der Waals surface area contributed by atoms with E-state index in [9.17, 15) is 14.9 Å². The molecule has 0 heterocycles. The number of nitrogens with zero attached hydrogens (tertiary/aromatic N) is 1. The van der Waals surface area contributed by atoms with Crippen LogP contribution >= 0.6 is 11.6 Å². The monoisotopic (exact) mass is 291 g/mol. The number of halogens is 1. The second kappa shape index (κ2) is 5.71. The van der Waals surface area contributed by atoms with Gasteiger partial charge >= 0.3 is 0 Å². The number of ether oxygens (including phenoxy) is 1. The molecule has 2 aromatic rings. The van der Waals surface area contributed by atoms with Crippen molar-refractivity contribution in [2.75, 3.05) is 0 Å². The molecule has 0 fully saturated rings. The van der Waals surface area contributed by atoms with Gasteiger partial charge in [-0.1, -0.05) is 11.6 Å². The molecule has 2 aromatic carbocycles. The predicted molar refractivity (Wildman–Crippen MR) is 74.7 cm³/mol. The molecule has 0 unspecified atom stereocenters. The van der Waals surface area contributed by atoms with E-state index in [0.717, 1.165) is 5.56 Å². The zero-order valence-electron chi connectivity index (χ0n) is 10.5. The lowest BCUT2D eigenvalue weighted by Gasteiger charge is -2.09. The molecule has 0 spiro atoms. The molecule has 0 aliphatic rings. The first kappa shape index (κ1) is 14.0. The maximum Gasteiger partial charge on any atom is 0.270 e. The molecule has 0 aliphatic heterocycles. The van der Waals surface area contributed by atoms with Gasteiger partial charge < -0.3 is 4.74 Å². The first-order valence-electron chi connectivity index (χ1n) is 5.69. The van der Waals surface area contributed by atoms with Crippen LogP contribution < -0.4 is 4.74 Å². The molecule has 0 saturated carbocycles. The van der Waals surface area contributed by atoms with E-state index in [-0.39, 0.29) is 17.0 Å². The summed E-state index contributed by atoms with van der Waals surface area (Å²) in [5.74, 6) is 0.760. The van der Waals surface area contributed by atoms with Gasteiger partial charge in [0.15, 0.2) is 6.29 Å². The van der Waals surface area contributed by atoms with Crippen LogP contribution in [-0.4, -0.2) is 11.2 Å². The SMILES string of the molecule is Cc1cc(Oc2ccc([N+](=O)[O-])cc2C=O)ccc1Cl. The Balaban J connectivity index is 2.35. The quantitative estimate of drug-likeness (QED) is 0.482. The van der Waals surface area contributed by atoms with Gasteiger partial charge in [-0.05, 0) is 36.8 Å². The molecule has 2 rings (SSSR count). The van der Waals surface area contributed by atoms with Crippen molar-refractivity contribution in [1.82, 2.24) is 0 Å². The summed E-state index contributed by atoms with van der Waals surface area (Å²) in [6, 6.07) is 8.91. The summed E-state index contributed by atoms with van der Waals surface area (Å²) in [7, 11) is 0. The molecule has 0 saturated heterocycles. The van der Waals surface area contributed by atoms with Crippen LogP contribution in [-0.2, 0) is 0 Å². The lowest BCUT2D eigenvalue weighted by molar-refractivity contribution is -0.384. The molecule has 0 atom stereocenters. The van der Waals surface area contributed by atoms with Gasteiger partial charge in [0, 0.05) is 17.2 Å². The van der Waals surface area contributed by atoms with E-state index in [1.165, 1.54) is 18.2 Å². The number of nitro groups is 1. The summed E-state index contributed by atoms with van der Waals surface area (Å²) in [6.45, 7) is 1.83. The van der Waals surface area contributed by atoms with Gasteiger partial charge in [0.25, 0.3) is 5.69 Å². The Hall–Kier alpha value is -2.40. The summed E-state index contributed by atoms with van der Waals surface area (Å²) in [5.41, 5.74) is 0.789. The number of nitro benzene ring substituents is 1. The topological polar surface area (TPSA) is 69.4 Å². The highest BCUT2D eigenvalue weighted by Crippen LogP contribution is 2.29. The van der Waals surface area contributed by atoms with Gasteiger partial charge in [-0.15, -0.1) is 0 Å². The minimum Gasteiger partial charge on any atom is -0.457 e. The highest BCUT2D eigenvalue weighted by Gasteiger charge is 2.12. The largest absolute Gasteiger partial charge is 0.457 e. The fraction of sp³-hybridized carbons (Fsp3) is 0.0714. The molecule has 6 heteroatoms. The lowest BCUT2D eigenvalue weighted by Crippen LogP contribution is -1.94.